The van der Waals surface area contributed by atoms with Crippen LogP contribution in [0.2, 0.25) is 5.02 Å². The maximum Gasteiger partial charge on any atom is 0.417 e. The van der Waals surface area contributed by atoms with Gasteiger partial charge in [-0.1, -0.05) is 17.7 Å². The van der Waals surface area contributed by atoms with Crippen LogP contribution in [0, 0.1) is 5.82 Å². The molecule has 3 aromatic heterocycles. The Hall–Kier alpha value is -3.93. The fraction of sp³-hybridized carbons (Fsp3) is 0.217. The summed E-state index contributed by atoms with van der Waals surface area (Å²) in [4.78, 5) is 19.9. The van der Waals surface area contributed by atoms with Crippen molar-refractivity contribution in [3.05, 3.63) is 93.1 Å². The molecule has 188 valence electrons. The number of ether oxygens (including phenoxy) is 2. The number of hydrogen-bond donors (Lipinski definition) is 0. The van der Waals surface area contributed by atoms with Crippen molar-refractivity contribution in [3.63, 3.8) is 0 Å². The SMILES string of the molecule is Cn1cc(Cn2cc(F)c(OCCc3ccc(Oc4ccc(Cl)c(C(F)(F)F)c4)nc3)nc2=O)cn1. The van der Waals surface area contributed by atoms with E-state index in [4.69, 9.17) is 21.1 Å². The van der Waals surface area contributed by atoms with Gasteiger partial charge in [-0.15, -0.1) is 0 Å². The Morgan fingerprint density at radius 2 is 1.89 bits per heavy atom. The van der Waals surface area contributed by atoms with Gasteiger partial charge in [-0.25, -0.2) is 9.78 Å². The van der Waals surface area contributed by atoms with Gasteiger partial charge >= 0.3 is 11.9 Å². The average Bonchev–Trinajstić information content (AvgIpc) is 3.23. The molecule has 0 aliphatic rings. The van der Waals surface area contributed by atoms with E-state index in [1.807, 2.05) is 0 Å². The summed E-state index contributed by atoms with van der Waals surface area (Å²) >= 11 is 5.60. The van der Waals surface area contributed by atoms with Crippen LogP contribution in [0.3, 0.4) is 0 Å². The number of aryl methyl sites for hydroxylation is 1. The minimum Gasteiger partial charge on any atom is -0.475 e. The van der Waals surface area contributed by atoms with Crippen molar-refractivity contribution in [1.82, 2.24) is 24.3 Å². The Bertz CT molecular complexity index is 1420. The number of rotatable bonds is 8. The summed E-state index contributed by atoms with van der Waals surface area (Å²) in [6, 6.07) is 6.28. The second kappa shape index (κ2) is 10.4. The Balaban J connectivity index is 1.34. The lowest BCUT2D eigenvalue weighted by molar-refractivity contribution is -0.137. The summed E-state index contributed by atoms with van der Waals surface area (Å²) in [5.41, 5.74) is -0.290. The van der Waals surface area contributed by atoms with Crippen LogP contribution in [0.1, 0.15) is 16.7 Å². The fourth-order valence-electron chi connectivity index (χ4n) is 3.21. The molecule has 0 bridgehead atoms. The van der Waals surface area contributed by atoms with Crippen molar-refractivity contribution in [1.29, 1.82) is 0 Å². The summed E-state index contributed by atoms with van der Waals surface area (Å²) in [6.45, 7) is 0.120. The summed E-state index contributed by atoms with van der Waals surface area (Å²) < 4.78 is 66.8. The second-order valence-corrected chi connectivity index (χ2v) is 8.08. The van der Waals surface area contributed by atoms with Gasteiger partial charge in [0.2, 0.25) is 11.7 Å². The number of pyridine rings is 1. The first-order chi connectivity index (χ1) is 17.1. The lowest BCUT2D eigenvalue weighted by Gasteiger charge is -2.11. The number of halogens is 5. The molecule has 8 nitrogen and oxygen atoms in total. The third-order valence-electron chi connectivity index (χ3n) is 4.92. The topological polar surface area (TPSA) is 84.1 Å². The van der Waals surface area contributed by atoms with E-state index in [9.17, 15) is 22.4 Å². The first-order valence-electron chi connectivity index (χ1n) is 10.5. The second-order valence-electron chi connectivity index (χ2n) is 7.67. The predicted octanol–water partition coefficient (Wildman–Crippen LogP) is 4.65. The highest BCUT2D eigenvalue weighted by Gasteiger charge is 2.33. The van der Waals surface area contributed by atoms with Crippen LogP contribution in [-0.4, -0.2) is 30.9 Å². The van der Waals surface area contributed by atoms with E-state index < -0.39 is 34.1 Å². The van der Waals surface area contributed by atoms with Gasteiger partial charge in [0, 0.05) is 37.5 Å². The Morgan fingerprint density at radius 1 is 1.08 bits per heavy atom. The minimum absolute atomic E-state index is 0.00396. The number of benzene rings is 1. The van der Waals surface area contributed by atoms with E-state index in [0.29, 0.717) is 17.5 Å². The molecule has 13 heteroatoms. The first kappa shape index (κ1) is 25.2. The highest BCUT2D eigenvalue weighted by molar-refractivity contribution is 6.31. The molecule has 0 saturated heterocycles. The number of nitrogens with zero attached hydrogens (tertiary/aromatic N) is 5. The number of hydrogen-bond acceptors (Lipinski definition) is 6. The molecule has 0 spiro atoms. The molecular weight excluding hydrogens is 506 g/mol. The van der Waals surface area contributed by atoms with Crippen LogP contribution < -0.4 is 15.2 Å². The van der Waals surface area contributed by atoms with Crippen LogP contribution in [-0.2, 0) is 26.2 Å². The molecule has 1 aromatic carbocycles. The Kier molecular flexibility index (Phi) is 7.25. The average molecular weight is 524 g/mol. The van der Waals surface area contributed by atoms with Crippen LogP contribution in [0.4, 0.5) is 17.6 Å². The zero-order valence-corrected chi connectivity index (χ0v) is 19.4. The van der Waals surface area contributed by atoms with Crippen molar-refractivity contribution in [2.75, 3.05) is 6.61 Å². The molecule has 0 atom stereocenters. The predicted molar refractivity (Wildman–Crippen MR) is 121 cm³/mol. The summed E-state index contributed by atoms with van der Waals surface area (Å²) in [5.74, 6) is -1.21. The molecule has 0 N–H and O–H groups in total. The van der Waals surface area contributed by atoms with E-state index >= 15 is 0 Å². The third-order valence-corrected chi connectivity index (χ3v) is 5.25. The molecular formula is C23H18ClF4N5O3. The molecule has 0 unspecified atom stereocenters. The largest absolute Gasteiger partial charge is 0.475 e. The standard InChI is InChI=1S/C23H18ClF4N5O3/c1-32-11-15(10-30-32)12-33-13-19(25)21(31-22(33)34)35-7-6-14-2-5-20(29-9-14)36-16-3-4-18(24)17(8-16)23(26,27)28/h2-5,8-11,13H,6-7,12H2,1H3. The van der Waals surface area contributed by atoms with Gasteiger partial charge in [0.1, 0.15) is 5.75 Å². The molecule has 0 aliphatic heterocycles. The quantitative estimate of drug-likeness (QED) is 0.313. The van der Waals surface area contributed by atoms with Crippen molar-refractivity contribution < 1.29 is 27.0 Å². The van der Waals surface area contributed by atoms with Gasteiger partial charge in [-0.3, -0.25) is 9.25 Å². The number of aromatic nitrogens is 5. The molecule has 3 heterocycles. The monoisotopic (exact) mass is 523 g/mol. The van der Waals surface area contributed by atoms with Crippen LogP contribution in [0.5, 0.6) is 17.5 Å². The Labute approximate surface area is 206 Å². The van der Waals surface area contributed by atoms with Gasteiger partial charge in [-0.05, 0) is 23.8 Å². The van der Waals surface area contributed by atoms with E-state index in [2.05, 4.69) is 15.1 Å². The molecule has 0 amide bonds. The van der Waals surface area contributed by atoms with Gasteiger partial charge in [0.05, 0.1) is 36.1 Å². The number of alkyl halides is 3. The molecule has 0 aliphatic carbocycles. The van der Waals surface area contributed by atoms with Gasteiger partial charge in [0.15, 0.2) is 0 Å². The summed E-state index contributed by atoms with van der Waals surface area (Å²) in [6.07, 6.45) is 1.41. The van der Waals surface area contributed by atoms with Crippen LogP contribution in [0.25, 0.3) is 0 Å². The maximum atomic E-state index is 14.4. The smallest absolute Gasteiger partial charge is 0.417 e. The highest BCUT2D eigenvalue weighted by atomic mass is 35.5. The van der Waals surface area contributed by atoms with Gasteiger partial charge in [-0.2, -0.15) is 27.6 Å². The normalized spacial score (nSPS) is 11.5. The van der Waals surface area contributed by atoms with E-state index in [0.717, 1.165) is 22.9 Å². The Morgan fingerprint density at radius 3 is 2.56 bits per heavy atom. The first-order valence-corrected chi connectivity index (χ1v) is 10.8. The lowest BCUT2D eigenvalue weighted by Crippen LogP contribution is -2.24. The highest BCUT2D eigenvalue weighted by Crippen LogP contribution is 2.37. The summed E-state index contributed by atoms with van der Waals surface area (Å²) in [7, 11) is 1.73. The van der Waals surface area contributed by atoms with E-state index in [1.54, 1.807) is 30.2 Å². The van der Waals surface area contributed by atoms with Crippen molar-refractivity contribution in [2.24, 2.45) is 7.05 Å². The van der Waals surface area contributed by atoms with Crippen molar-refractivity contribution in [2.45, 2.75) is 19.1 Å². The molecule has 4 aromatic rings. The molecule has 0 saturated carbocycles. The fourth-order valence-corrected chi connectivity index (χ4v) is 3.43. The minimum atomic E-state index is -4.62. The van der Waals surface area contributed by atoms with Crippen LogP contribution >= 0.6 is 11.6 Å². The van der Waals surface area contributed by atoms with Crippen molar-refractivity contribution >= 4 is 11.6 Å². The van der Waals surface area contributed by atoms with Gasteiger partial charge < -0.3 is 9.47 Å². The summed E-state index contributed by atoms with van der Waals surface area (Å²) in [5, 5.41) is 3.56. The van der Waals surface area contributed by atoms with Crippen molar-refractivity contribution in [3.8, 4) is 17.5 Å². The van der Waals surface area contributed by atoms with Crippen LogP contribution in [0.15, 0.2) is 59.9 Å². The van der Waals surface area contributed by atoms with E-state index in [1.165, 1.54) is 18.3 Å². The zero-order valence-electron chi connectivity index (χ0n) is 18.7. The molecule has 0 fully saturated rings. The third kappa shape index (κ3) is 6.19. The molecule has 4 rings (SSSR count). The van der Waals surface area contributed by atoms with Gasteiger partial charge in [0.25, 0.3) is 5.88 Å². The van der Waals surface area contributed by atoms with E-state index in [-0.39, 0.29) is 24.8 Å². The zero-order chi connectivity index (χ0) is 25.9. The molecule has 36 heavy (non-hydrogen) atoms. The molecule has 0 radical (unpaired) electrons. The lowest BCUT2D eigenvalue weighted by atomic mass is 10.2. The maximum absolute atomic E-state index is 14.4.